The first kappa shape index (κ1) is 39.2. The second-order valence-electron chi connectivity index (χ2n) is 11.2. The van der Waals surface area contributed by atoms with E-state index in [1.54, 1.807) is 24.3 Å². The van der Waals surface area contributed by atoms with Gasteiger partial charge in [0.05, 0.1) is 21.3 Å². The predicted octanol–water partition coefficient (Wildman–Crippen LogP) is 3.64. The van der Waals surface area contributed by atoms with Crippen LogP contribution in [0.1, 0.15) is 25.7 Å². The fraction of sp³-hybridized carbons (Fsp3) is 0.250. The Balaban J connectivity index is 0.873. The van der Waals surface area contributed by atoms with Crippen molar-refractivity contribution in [3.63, 3.8) is 0 Å². The van der Waals surface area contributed by atoms with Crippen molar-refractivity contribution in [3.05, 3.63) is 58.3 Å². The Labute approximate surface area is 334 Å². The smallest absolute Gasteiger partial charge is 0.267 e. The van der Waals surface area contributed by atoms with Crippen molar-refractivity contribution >= 4 is 138 Å². The standard InChI is InChI=1S/C32H28N8O8S6/c41-21(35-37-23(43)15-51-29-33-17-7-1-3-9-19(17)47-29)11-5-13-39-27(45)25(53-31(39)49)26-28(46)40(32(50)54-26)14-6-12-22(42)36-38-24(44)16-52-30-34-18-8-2-4-10-20(18)48-30/h1-4,7-10H,5-6,11-16H2,(H,35,41)(H,36,42)(H,37,43)(H,38,44)/b26-25+. The molecule has 0 saturated carbocycles. The minimum Gasteiger partial charge on any atom is -0.431 e. The Bertz CT molecular complexity index is 1990. The molecule has 16 nitrogen and oxygen atoms in total. The number of amides is 6. The summed E-state index contributed by atoms with van der Waals surface area (Å²) in [6.07, 6.45) is 0.451. The molecule has 0 atom stereocenters. The summed E-state index contributed by atoms with van der Waals surface area (Å²) in [5, 5.41) is 0.661. The molecular formula is C32H28N8O8S6. The number of hydrogen-bond acceptors (Lipinski definition) is 16. The summed E-state index contributed by atoms with van der Waals surface area (Å²) in [5.74, 6) is -2.85. The molecule has 2 aromatic carbocycles. The Hall–Kier alpha value is -4.48. The van der Waals surface area contributed by atoms with Crippen molar-refractivity contribution < 1.29 is 37.6 Å². The minimum atomic E-state index is -0.472. The number of thiocarbonyl (C=S) groups is 2. The molecule has 4 N–H and O–H groups in total. The number of fused-ring (bicyclic) bond motifs is 2. The summed E-state index contributed by atoms with van der Waals surface area (Å²) in [7, 11) is 0. The lowest BCUT2D eigenvalue weighted by Crippen LogP contribution is -2.42. The number of oxazole rings is 2. The molecule has 0 radical (unpaired) electrons. The maximum absolute atomic E-state index is 13.3. The maximum atomic E-state index is 13.3. The van der Waals surface area contributed by atoms with Crippen molar-refractivity contribution in [3.8, 4) is 0 Å². The number of hydrogen-bond donors (Lipinski definition) is 4. The molecule has 2 saturated heterocycles. The van der Waals surface area contributed by atoms with Crippen LogP contribution in [0.2, 0.25) is 0 Å². The van der Waals surface area contributed by atoms with E-state index in [9.17, 15) is 28.8 Å². The van der Waals surface area contributed by atoms with Crippen molar-refractivity contribution in [2.24, 2.45) is 0 Å². The number of benzene rings is 2. The molecule has 6 amide bonds. The number of carbonyl (C=O) groups is 6. The van der Waals surface area contributed by atoms with Gasteiger partial charge >= 0.3 is 0 Å². The van der Waals surface area contributed by atoms with Gasteiger partial charge in [0.15, 0.2) is 11.2 Å². The highest BCUT2D eigenvalue weighted by Gasteiger charge is 2.41. The highest BCUT2D eigenvalue weighted by molar-refractivity contribution is 8.29. The Morgan fingerprint density at radius 3 is 1.43 bits per heavy atom. The van der Waals surface area contributed by atoms with Gasteiger partial charge in [-0.3, -0.25) is 60.3 Å². The molecule has 6 rings (SSSR count). The number of para-hydroxylation sites is 4. The zero-order chi connectivity index (χ0) is 38.2. The van der Waals surface area contributed by atoms with E-state index in [0.717, 1.165) is 47.0 Å². The Morgan fingerprint density at radius 1 is 0.630 bits per heavy atom. The van der Waals surface area contributed by atoms with Gasteiger partial charge in [0.25, 0.3) is 22.3 Å². The fourth-order valence-corrected chi connectivity index (χ4v) is 8.86. The van der Waals surface area contributed by atoms with E-state index in [4.69, 9.17) is 33.3 Å². The topological polar surface area (TPSA) is 209 Å². The summed E-state index contributed by atoms with van der Waals surface area (Å²) in [5.41, 5.74) is 11.9. The Morgan fingerprint density at radius 2 is 1.02 bits per heavy atom. The molecule has 2 fully saturated rings. The first-order valence-electron chi connectivity index (χ1n) is 16.0. The molecule has 0 bridgehead atoms. The van der Waals surface area contributed by atoms with Crippen LogP contribution < -0.4 is 21.7 Å². The lowest BCUT2D eigenvalue weighted by atomic mass is 10.2. The second kappa shape index (κ2) is 18.2. The van der Waals surface area contributed by atoms with E-state index >= 15 is 0 Å². The molecule has 54 heavy (non-hydrogen) atoms. The van der Waals surface area contributed by atoms with E-state index in [2.05, 4.69) is 31.7 Å². The third-order valence-corrected chi connectivity index (χ3v) is 12.0. The van der Waals surface area contributed by atoms with E-state index in [0.29, 0.717) is 32.6 Å². The van der Waals surface area contributed by atoms with E-state index < -0.39 is 35.4 Å². The summed E-state index contributed by atoms with van der Waals surface area (Å²) >= 11 is 14.9. The number of nitrogens with zero attached hydrogens (tertiary/aromatic N) is 4. The molecule has 2 aliphatic heterocycles. The van der Waals surface area contributed by atoms with E-state index in [-0.39, 0.29) is 68.7 Å². The van der Waals surface area contributed by atoms with Crippen LogP contribution in [0.4, 0.5) is 0 Å². The molecular weight excluding hydrogens is 817 g/mol. The van der Waals surface area contributed by atoms with Gasteiger partial charge in [-0.1, -0.05) is 95.7 Å². The molecule has 4 aromatic rings. The quantitative estimate of drug-likeness (QED) is 0.0618. The van der Waals surface area contributed by atoms with Crippen LogP contribution in [0, 0.1) is 0 Å². The zero-order valence-electron chi connectivity index (χ0n) is 27.8. The summed E-state index contributed by atoms with van der Waals surface area (Å²) < 4.78 is 11.6. The van der Waals surface area contributed by atoms with Gasteiger partial charge in [-0.15, -0.1) is 0 Å². The molecule has 4 heterocycles. The second-order valence-corrected chi connectivity index (χ2v) is 16.3. The number of nitrogens with one attached hydrogen (secondary N) is 4. The molecule has 2 aliphatic rings. The number of aromatic nitrogens is 2. The predicted molar refractivity (Wildman–Crippen MR) is 211 cm³/mol. The van der Waals surface area contributed by atoms with Crippen molar-refractivity contribution in [1.29, 1.82) is 0 Å². The number of hydrazine groups is 2. The van der Waals surface area contributed by atoms with Crippen LogP contribution in [0.25, 0.3) is 22.2 Å². The van der Waals surface area contributed by atoms with Crippen LogP contribution in [-0.2, 0) is 28.8 Å². The number of carbonyl (C=O) groups excluding carboxylic acids is 6. The molecule has 0 aliphatic carbocycles. The highest BCUT2D eigenvalue weighted by atomic mass is 32.2. The molecule has 0 spiro atoms. The molecule has 22 heteroatoms. The van der Waals surface area contributed by atoms with Crippen LogP contribution in [0.15, 0.2) is 77.6 Å². The highest BCUT2D eigenvalue weighted by Crippen LogP contribution is 2.42. The number of rotatable bonds is 14. The third-order valence-electron chi connectivity index (χ3n) is 7.36. The Kier molecular flexibility index (Phi) is 13.2. The van der Waals surface area contributed by atoms with Gasteiger partial charge in [-0.05, 0) is 37.1 Å². The van der Waals surface area contributed by atoms with Gasteiger partial charge < -0.3 is 8.83 Å². The van der Waals surface area contributed by atoms with Crippen LogP contribution in [0.3, 0.4) is 0 Å². The lowest BCUT2D eigenvalue weighted by molar-refractivity contribution is -0.128. The number of thioether (sulfide) groups is 4. The van der Waals surface area contributed by atoms with E-state index in [1.807, 2.05) is 24.3 Å². The maximum Gasteiger partial charge on any atom is 0.267 e. The van der Waals surface area contributed by atoms with Crippen molar-refractivity contribution in [2.75, 3.05) is 24.6 Å². The summed E-state index contributed by atoms with van der Waals surface area (Å²) in [6, 6.07) is 14.4. The van der Waals surface area contributed by atoms with Crippen LogP contribution in [0.5, 0.6) is 0 Å². The monoisotopic (exact) mass is 844 g/mol. The van der Waals surface area contributed by atoms with Gasteiger partial charge in [0, 0.05) is 25.9 Å². The normalized spacial score (nSPS) is 15.8. The molecule has 280 valence electrons. The lowest BCUT2D eigenvalue weighted by Gasteiger charge is -2.15. The SMILES string of the molecule is O=C(CCCN1C(=O)/C(=C2\SC(=S)N(CCCC(=O)NNC(=O)CSc3nc4ccccc4o3)C2=O)SC1=S)NNC(=O)CSc1nc2ccccc2o1. The van der Waals surface area contributed by atoms with Crippen molar-refractivity contribution in [2.45, 2.75) is 36.1 Å². The van der Waals surface area contributed by atoms with Gasteiger partial charge in [-0.2, -0.15) is 0 Å². The summed E-state index contributed by atoms with van der Waals surface area (Å²) in [4.78, 5) is 87.0. The van der Waals surface area contributed by atoms with Gasteiger partial charge in [0.1, 0.15) is 19.7 Å². The van der Waals surface area contributed by atoms with Crippen molar-refractivity contribution in [1.82, 2.24) is 41.5 Å². The first-order chi connectivity index (χ1) is 26.0. The van der Waals surface area contributed by atoms with Crippen LogP contribution in [-0.4, -0.2) is 88.4 Å². The molecule has 2 aromatic heterocycles. The minimum absolute atomic E-state index is 0.0107. The van der Waals surface area contributed by atoms with Crippen LogP contribution >= 0.6 is 71.5 Å². The third kappa shape index (κ3) is 9.98. The average molecular weight is 845 g/mol. The summed E-state index contributed by atoms with van der Waals surface area (Å²) in [6.45, 7) is 0.231. The van der Waals surface area contributed by atoms with E-state index in [1.165, 1.54) is 9.80 Å². The zero-order valence-corrected chi connectivity index (χ0v) is 32.7. The fourth-order valence-electron chi connectivity index (χ4n) is 4.81. The average Bonchev–Trinajstić information content (AvgIpc) is 3.91. The van der Waals surface area contributed by atoms with Gasteiger partial charge in [0.2, 0.25) is 23.6 Å². The largest absolute Gasteiger partial charge is 0.431 e. The molecule has 0 unspecified atom stereocenters. The van der Waals surface area contributed by atoms with Gasteiger partial charge in [-0.25, -0.2) is 9.97 Å². The first-order valence-corrected chi connectivity index (χ1v) is 20.4.